The van der Waals surface area contributed by atoms with E-state index in [4.69, 9.17) is 11.6 Å². The number of carbonyl (C=O) groups excluding carboxylic acids is 5. The van der Waals surface area contributed by atoms with Crippen molar-refractivity contribution in [1.82, 2.24) is 26.6 Å². The number of amides is 5. The topological polar surface area (TPSA) is 146 Å². The normalized spacial score (nSPS) is 20.4. The number of unbranched alkanes of at least 4 members (excludes halogenated alkanes) is 1. The second kappa shape index (κ2) is 13.8. The fourth-order valence-corrected chi connectivity index (χ4v) is 3.24. The minimum Gasteiger partial charge on any atom is -0.355 e. The summed E-state index contributed by atoms with van der Waals surface area (Å²) in [6.07, 6.45) is 2.30. The highest BCUT2D eigenvalue weighted by Crippen LogP contribution is 2.08. The maximum Gasteiger partial charge on any atom is 0.315 e. The van der Waals surface area contributed by atoms with Gasteiger partial charge in [-0.25, -0.2) is 4.79 Å². The molecular formula is C20H34ClN5O5. The van der Waals surface area contributed by atoms with Crippen molar-refractivity contribution >= 4 is 41.1 Å². The number of Topliss-reactive ketones (excluding diaryl/α,β-unsaturated/α-hetero) is 1. The van der Waals surface area contributed by atoms with Crippen LogP contribution in [0.25, 0.3) is 0 Å². The molecular weight excluding hydrogens is 426 g/mol. The Morgan fingerprint density at radius 2 is 1.87 bits per heavy atom. The van der Waals surface area contributed by atoms with E-state index in [1.54, 1.807) is 6.92 Å². The predicted octanol–water partition coefficient (Wildman–Crippen LogP) is 0.188. The van der Waals surface area contributed by atoms with Crippen LogP contribution < -0.4 is 26.6 Å². The molecule has 176 valence electrons. The van der Waals surface area contributed by atoms with Gasteiger partial charge in [-0.3, -0.25) is 19.2 Å². The lowest BCUT2D eigenvalue weighted by Crippen LogP contribution is -2.56. The predicted molar refractivity (Wildman–Crippen MR) is 117 cm³/mol. The molecule has 1 unspecified atom stereocenters. The highest BCUT2D eigenvalue weighted by atomic mass is 35.5. The van der Waals surface area contributed by atoms with E-state index in [2.05, 4.69) is 26.6 Å². The molecule has 5 amide bonds. The molecule has 11 heteroatoms. The third-order valence-corrected chi connectivity index (χ3v) is 5.17. The molecule has 1 saturated heterocycles. The summed E-state index contributed by atoms with van der Waals surface area (Å²) in [5.41, 5.74) is 0. The maximum absolute atomic E-state index is 12.8. The Bertz CT molecular complexity index is 658. The van der Waals surface area contributed by atoms with Crippen molar-refractivity contribution < 1.29 is 24.0 Å². The van der Waals surface area contributed by atoms with Gasteiger partial charge in [0.1, 0.15) is 11.9 Å². The van der Waals surface area contributed by atoms with Crippen LogP contribution in [0, 0.1) is 5.92 Å². The standard InChI is InChI=1S/C20H34ClN5O5/c1-12(2)17(26-15(27)8-4-5-9-22-16(28)11-21)19(30)25-14-7-6-10-23-20(31)24-13(3)18(14)29/h12-14,17H,4-11H2,1-3H3,(H,22,28)(H,25,30)(H,26,27)(H2,23,24,31)/t13?,14-,17-/m0/s1. The summed E-state index contributed by atoms with van der Waals surface area (Å²) >= 11 is 5.39. The van der Waals surface area contributed by atoms with Crippen LogP contribution in [-0.4, -0.2) is 66.6 Å². The van der Waals surface area contributed by atoms with Gasteiger partial charge in [0, 0.05) is 19.5 Å². The number of alkyl halides is 1. The molecule has 1 rings (SSSR count). The van der Waals surface area contributed by atoms with Crippen molar-refractivity contribution in [2.24, 2.45) is 5.92 Å². The zero-order valence-corrected chi connectivity index (χ0v) is 19.1. The Kier molecular flexibility index (Phi) is 11.9. The van der Waals surface area contributed by atoms with Crippen LogP contribution in [0.4, 0.5) is 4.79 Å². The molecule has 0 aromatic carbocycles. The third kappa shape index (κ3) is 9.99. The average molecular weight is 460 g/mol. The van der Waals surface area contributed by atoms with Gasteiger partial charge in [-0.1, -0.05) is 13.8 Å². The minimum atomic E-state index is -0.785. The van der Waals surface area contributed by atoms with Gasteiger partial charge in [0.15, 0.2) is 5.78 Å². The van der Waals surface area contributed by atoms with E-state index >= 15 is 0 Å². The first-order valence-electron chi connectivity index (χ1n) is 10.7. The van der Waals surface area contributed by atoms with E-state index in [0.29, 0.717) is 38.8 Å². The Hall–Kier alpha value is -2.36. The number of ketones is 1. The second-order valence-corrected chi connectivity index (χ2v) is 8.22. The molecule has 1 fully saturated rings. The van der Waals surface area contributed by atoms with Crippen LogP contribution in [0.15, 0.2) is 0 Å². The molecule has 1 heterocycles. The fourth-order valence-electron chi connectivity index (χ4n) is 3.14. The molecule has 1 aliphatic heterocycles. The highest BCUT2D eigenvalue weighted by molar-refractivity contribution is 6.27. The van der Waals surface area contributed by atoms with E-state index in [1.165, 1.54) is 0 Å². The Balaban J connectivity index is 2.59. The van der Waals surface area contributed by atoms with Crippen LogP contribution in [0.1, 0.15) is 52.9 Å². The number of hydrogen-bond acceptors (Lipinski definition) is 5. The molecule has 0 saturated carbocycles. The number of hydrogen-bond donors (Lipinski definition) is 5. The van der Waals surface area contributed by atoms with E-state index in [0.717, 1.165) is 0 Å². The average Bonchev–Trinajstić information content (AvgIpc) is 2.77. The quantitative estimate of drug-likeness (QED) is 0.234. The smallest absolute Gasteiger partial charge is 0.315 e. The zero-order chi connectivity index (χ0) is 23.4. The van der Waals surface area contributed by atoms with Crippen molar-refractivity contribution in [2.75, 3.05) is 19.0 Å². The lowest BCUT2D eigenvalue weighted by atomic mass is 9.98. The van der Waals surface area contributed by atoms with Gasteiger partial charge in [-0.15, -0.1) is 11.6 Å². The number of urea groups is 1. The molecule has 31 heavy (non-hydrogen) atoms. The monoisotopic (exact) mass is 459 g/mol. The Labute approximate surface area is 188 Å². The first kappa shape index (κ1) is 26.7. The van der Waals surface area contributed by atoms with Gasteiger partial charge in [-0.05, 0) is 38.5 Å². The number of halogens is 1. The third-order valence-electron chi connectivity index (χ3n) is 4.93. The number of rotatable bonds is 10. The minimum absolute atomic E-state index is 0.100. The molecule has 0 spiro atoms. The number of nitrogens with one attached hydrogen (secondary N) is 5. The summed E-state index contributed by atoms with van der Waals surface area (Å²) in [5.74, 6) is -1.52. The van der Waals surface area contributed by atoms with Crippen LogP contribution in [0.2, 0.25) is 0 Å². The van der Waals surface area contributed by atoms with Crippen LogP contribution in [0.5, 0.6) is 0 Å². The SMILES string of the molecule is CC1NC(=O)NCCC[C@H](NC(=O)[C@@H](NC(=O)CCCCNC(=O)CCl)C(C)C)C1=O. The summed E-state index contributed by atoms with van der Waals surface area (Å²) in [4.78, 5) is 60.5. The lowest BCUT2D eigenvalue weighted by Gasteiger charge is -2.26. The highest BCUT2D eigenvalue weighted by Gasteiger charge is 2.31. The fraction of sp³-hybridized carbons (Fsp3) is 0.750. The van der Waals surface area contributed by atoms with Crippen LogP contribution in [0.3, 0.4) is 0 Å². The Morgan fingerprint density at radius 1 is 1.16 bits per heavy atom. The van der Waals surface area contributed by atoms with E-state index < -0.39 is 30.1 Å². The van der Waals surface area contributed by atoms with Gasteiger partial charge in [0.2, 0.25) is 17.7 Å². The molecule has 5 N–H and O–H groups in total. The van der Waals surface area contributed by atoms with Crippen molar-refractivity contribution in [2.45, 2.75) is 71.0 Å². The van der Waals surface area contributed by atoms with Gasteiger partial charge in [0.05, 0.1) is 12.1 Å². The molecule has 0 aromatic rings. The summed E-state index contributed by atoms with van der Waals surface area (Å²) in [5, 5.41) is 13.3. The molecule has 0 radical (unpaired) electrons. The molecule has 0 aliphatic carbocycles. The largest absolute Gasteiger partial charge is 0.355 e. The van der Waals surface area contributed by atoms with Crippen LogP contribution in [-0.2, 0) is 19.2 Å². The molecule has 10 nitrogen and oxygen atoms in total. The molecule has 0 aromatic heterocycles. The van der Waals surface area contributed by atoms with Crippen LogP contribution >= 0.6 is 11.6 Å². The molecule has 1 aliphatic rings. The van der Waals surface area contributed by atoms with Gasteiger partial charge in [0.25, 0.3) is 0 Å². The second-order valence-electron chi connectivity index (χ2n) is 7.96. The van der Waals surface area contributed by atoms with Crippen molar-refractivity contribution in [1.29, 1.82) is 0 Å². The van der Waals surface area contributed by atoms with Crippen molar-refractivity contribution in [3.8, 4) is 0 Å². The van der Waals surface area contributed by atoms with Crippen molar-refractivity contribution in [3.63, 3.8) is 0 Å². The van der Waals surface area contributed by atoms with Gasteiger partial charge < -0.3 is 26.6 Å². The summed E-state index contributed by atoms with van der Waals surface area (Å²) < 4.78 is 0. The maximum atomic E-state index is 12.8. The summed E-state index contributed by atoms with van der Waals surface area (Å²) in [7, 11) is 0. The van der Waals surface area contributed by atoms with Crippen molar-refractivity contribution in [3.05, 3.63) is 0 Å². The number of carbonyl (C=O) groups is 5. The first-order chi connectivity index (χ1) is 14.6. The summed E-state index contributed by atoms with van der Waals surface area (Å²) in [6.45, 7) is 6.02. The zero-order valence-electron chi connectivity index (χ0n) is 18.4. The lowest BCUT2D eigenvalue weighted by molar-refractivity contribution is -0.133. The van der Waals surface area contributed by atoms with Gasteiger partial charge in [-0.2, -0.15) is 0 Å². The van der Waals surface area contributed by atoms with E-state index in [1.807, 2.05) is 13.8 Å². The first-order valence-corrected chi connectivity index (χ1v) is 11.2. The van der Waals surface area contributed by atoms with E-state index in [-0.39, 0.29) is 35.8 Å². The molecule has 0 bridgehead atoms. The van der Waals surface area contributed by atoms with Gasteiger partial charge >= 0.3 is 6.03 Å². The van der Waals surface area contributed by atoms with E-state index in [9.17, 15) is 24.0 Å². The summed E-state index contributed by atoms with van der Waals surface area (Å²) in [6, 6.07) is -2.68. The molecule has 3 atom stereocenters. The Morgan fingerprint density at radius 3 is 2.52 bits per heavy atom.